The van der Waals surface area contributed by atoms with Gasteiger partial charge < -0.3 is 34.5 Å². The highest BCUT2D eigenvalue weighted by Gasteiger charge is 2.39. The van der Waals surface area contributed by atoms with Crippen molar-refractivity contribution in [2.24, 2.45) is 11.3 Å². The summed E-state index contributed by atoms with van der Waals surface area (Å²) < 4.78 is 14.2. The summed E-state index contributed by atoms with van der Waals surface area (Å²) >= 11 is 1.41. The fourth-order valence-electron chi connectivity index (χ4n) is 9.66. The van der Waals surface area contributed by atoms with Crippen LogP contribution in [0.5, 0.6) is 0 Å². The van der Waals surface area contributed by atoms with Gasteiger partial charge in [0.05, 0.1) is 34.8 Å². The minimum absolute atomic E-state index is 0. The van der Waals surface area contributed by atoms with Gasteiger partial charge in [-0.2, -0.15) is 54.0 Å². The van der Waals surface area contributed by atoms with Crippen LogP contribution < -0.4 is 16.1 Å². The molecule has 7 rings (SSSR count). The maximum absolute atomic E-state index is 14.7. The summed E-state index contributed by atoms with van der Waals surface area (Å²) in [5.41, 5.74) is 9.29. The molecule has 0 saturated carbocycles. The van der Waals surface area contributed by atoms with Crippen molar-refractivity contribution in [2.45, 2.75) is 98.0 Å². The van der Waals surface area contributed by atoms with Crippen molar-refractivity contribution in [2.75, 3.05) is 66.6 Å². The van der Waals surface area contributed by atoms with Gasteiger partial charge in [-0.05, 0) is 74.9 Å². The number of ether oxygens (including phenoxy) is 2. The summed E-state index contributed by atoms with van der Waals surface area (Å²) in [5, 5.41) is 10.9. The maximum Gasteiger partial charge on any atom is 0.324 e. The Labute approximate surface area is 456 Å². The minimum atomic E-state index is -1.07. The third-order valence-electron chi connectivity index (χ3n) is 13.3. The zero-order valence-electron chi connectivity index (χ0n) is 42.8. The standard InChI is InChI=1S/C50H68N10O7S.4H2S/c1-10-41(61)51-19-21-57-22-24-58(25-23-57)49(65)56(8)44(31(3)4)46(62)54-38-27-42-53-39(29-68-42)33-16-17-40-35(26-33)36(45(59(40)11-2)34-14-12-18-52-43(34)32(5)66-9)28-50(6,7)30-67-48(64)37-15-13-20-60(55-37)47(38)63;;;;/h10,12,14,16-18,26,29,31-32,37-38,44,55H,1,11,13,15,19-25,27-28,30H2,2-9H3,(H,51,61)(H,54,62);4*1H2/t32-,37-,38-,44-;;;;/m0..../s1. The van der Waals surface area contributed by atoms with Crippen LogP contribution in [0.15, 0.2) is 54.6 Å². The number of fused-ring (bicyclic) bond motifs is 6. The molecular formula is C50H76N10O7S5. The molecule has 398 valence electrons. The first-order chi connectivity index (χ1) is 32.5. The van der Waals surface area contributed by atoms with Crippen molar-refractivity contribution in [3.05, 3.63) is 70.8 Å². The molecule has 17 nitrogen and oxygen atoms in total. The average Bonchev–Trinajstić information content (AvgIpc) is 3.93. The molecule has 2 saturated heterocycles. The van der Waals surface area contributed by atoms with E-state index in [0.717, 1.165) is 44.7 Å². The van der Waals surface area contributed by atoms with Gasteiger partial charge >= 0.3 is 12.0 Å². The fraction of sp³-hybridized carbons (Fsp3) is 0.540. The molecule has 3 aromatic heterocycles. The van der Waals surface area contributed by atoms with Crippen LogP contribution in [-0.4, -0.2) is 149 Å². The van der Waals surface area contributed by atoms with E-state index in [4.69, 9.17) is 19.4 Å². The minimum Gasteiger partial charge on any atom is -0.464 e. The summed E-state index contributed by atoms with van der Waals surface area (Å²) in [6, 6.07) is 7.38. The third-order valence-corrected chi connectivity index (χ3v) is 14.2. The molecule has 2 fully saturated rings. The molecule has 4 aromatic rings. The van der Waals surface area contributed by atoms with E-state index in [1.165, 1.54) is 27.3 Å². The van der Waals surface area contributed by atoms with Crippen molar-refractivity contribution in [3.63, 3.8) is 0 Å². The Bertz CT molecular complexity index is 2510. The summed E-state index contributed by atoms with van der Waals surface area (Å²) in [7, 11) is 3.31. The lowest BCUT2D eigenvalue weighted by molar-refractivity contribution is -0.155. The fourth-order valence-corrected chi connectivity index (χ4v) is 10.5. The molecule has 1 aromatic carbocycles. The van der Waals surface area contributed by atoms with Gasteiger partial charge in [0.2, 0.25) is 11.8 Å². The molecule has 3 N–H and O–H groups in total. The van der Waals surface area contributed by atoms with Crippen LogP contribution in [0.1, 0.15) is 76.8 Å². The van der Waals surface area contributed by atoms with Crippen LogP contribution in [0.2, 0.25) is 0 Å². The lowest BCUT2D eigenvalue weighted by atomic mass is 9.84. The number of hydrazine groups is 1. The molecule has 0 unspecified atom stereocenters. The Morgan fingerprint density at radius 3 is 2.46 bits per heavy atom. The van der Waals surface area contributed by atoms with Crippen LogP contribution in [0.4, 0.5) is 4.79 Å². The molecule has 6 heterocycles. The number of thiazole rings is 1. The molecule has 72 heavy (non-hydrogen) atoms. The molecule has 0 aliphatic carbocycles. The van der Waals surface area contributed by atoms with Gasteiger partial charge in [0.25, 0.3) is 5.91 Å². The van der Waals surface area contributed by atoms with E-state index < -0.39 is 41.3 Å². The summed E-state index contributed by atoms with van der Waals surface area (Å²) in [6.07, 6.45) is 4.45. The SMILES string of the molecule is C=CC(=O)NCCN1CCN(C(=O)N(C)[C@H](C(=O)N[C@H]2Cc3nc(cs3)-c3ccc4c(c3)c(c(-c3cccnc3[C@H](C)OC)n4CC)CC(C)(C)COC(=O)[C@@H]3CCCN(N3)C2=O)C(C)C)CC1.S.S.S.S. The number of aryl methyl sites for hydroxylation is 1. The van der Waals surface area contributed by atoms with Gasteiger partial charge in [0, 0.05) is 112 Å². The molecule has 3 aliphatic heterocycles. The Morgan fingerprint density at radius 2 is 1.79 bits per heavy atom. The number of rotatable bonds is 12. The van der Waals surface area contributed by atoms with Crippen molar-refractivity contribution in [1.82, 2.24) is 50.3 Å². The predicted molar refractivity (Wildman–Crippen MR) is 304 cm³/mol. The van der Waals surface area contributed by atoms with E-state index in [-0.39, 0.29) is 91.0 Å². The van der Waals surface area contributed by atoms with Crippen LogP contribution in [0.3, 0.4) is 0 Å². The van der Waals surface area contributed by atoms with Gasteiger partial charge in [-0.3, -0.25) is 34.1 Å². The first-order valence-electron chi connectivity index (χ1n) is 23.8. The van der Waals surface area contributed by atoms with Gasteiger partial charge in [0.15, 0.2) is 0 Å². The van der Waals surface area contributed by atoms with Crippen LogP contribution in [0, 0.1) is 11.3 Å². The van der Waals surface area contributed by atoms with Crippen molar-refractivity contribution >= 4 is 106 Å². The van der Waals surface area contributed by atoms with Gasteiger partial charge in [-0.25, -0.2) is 15.2 Å². The number of carbonyl (C=O) groups is 5. The molecule has 3 aliphatic rings. The zero-order valence-corrected chi connectivity index (χ0v) is 47.6. The van der Waals surface area contributed by atoms with E-state index in [9.17, 15) is 24.0 Å². The number of piperazine rings is 1. The molecule has 22 heteroatoms. The number of nitrogens with one attached hydrogen (secondary N) is 3. The lowest BCUT2D eigenvalue weighted by Gasteiger charge is -2.39. The number of likely N-dealkylation sites (N-methyl/N-ethyl adjacent to an activating group) is 1. The number of aromatic nitrogens is 3. The number of nitrogens with zero attached hydrogens (tertiary/aromatic N) is 7. The molecule has 4 atom stereocenters. The van der Waals surface area contributed by atoms with E-state index >= 15 is 0 Å². The highest BCUT2D eigenvalue weighted by Crippen LogP contribution is 2.42. The Hall–Kier alpha value is -4.29. The summed E-state index contributed by atoms with van der Waals surface area (Å²) in [6.45, 7) is 20.0. The number of hydrogen-bond donors (Lipinski definition) is 3. The smallest absolute Gasteiger partial charge is 0.324 e. The monoisotopic (exact) mass is 1090 g/mol. The maximum atomic E-state index is 14.7. The van der Waals surface area contributed by atoms with Gasteiger partial charge in [-0.1, -0.05) is 40.3 Å². The normalized spacial score (nSPS) is 19.0. The number of methoxy groups -OCH3 is 1. The first-order valence-corrected chi connectivity index (χ1v) is 24.7. The number of pyridine rings is 1. The molecular weight excluding hydrogens is 1010 g/mol. The number of urea groups is 1. The number of amides is 5. The quantitative estimate of drug-likeness (QED) is 0.118. The Kier molecular flexibility index (Phi) is 23.5. The largest absolute Gasteiger partial charge is 0.464 e. The summed E-state index contributed by atoms with van der Waals surface area (Å²) in [5.74, 6) is -1.86. The number of hydrogen-bond acceptors (Lipinski definition) is 12. The van der Waals surface area contributed by atoms with E-state index in [2.05, 4.69) is 77.1 Å². The number of cyclic esters (lactones) is 1. The van der Waals surface area contributed by atoms with Gasteiger partial charge in [0.1, 0.15) is 18.1 Å². The molecule has 0 radical (unpaired) electrons. The Balaban J connectivity index is 0.00000342. The predicted octanol–water partition coefficient (Wildman–Crippen LogP) is 5.65. The van der Waals surface area contributed by atoms with E-state index in [1.54, 1.807) is 25.3 Å². The van der Waals surface area contributed by atoms with Gasteiger partial charge in [-0.15, -0.1) is 11.3 Å². The van der Waals surface area contributed by atoms with Crippen molar-refractivity contribution in [3.8, 4) is 22.5 Å². The summed E-state index contributed by atoms with van der Waals surface area (Å²) in [4.78, 5) is 84.0. The van der Waals surface area contributed by atoms with Crippen LogP contribution >= 0.6 is 65.3 Å². The lowest BCUT2D eigenvalue weighted by Crippen LogP contribution is -2.63. The second-order valence-corrected chi connectivity index (χ2v) is 20.1. The number of esters is 1. The first kappa shape index (κ1) is 62.0. The number of carbonyl (C=O) groups excluding carboxylic acids is 5. The van der Waals surface area contributed by atoms with E-state index in [1.807, 2.05) is 32.2 Å². The van der Waals surface area contributed by atoms with Crippen LogP contribution in [-0.2, 0) is 48.0 Å². The van der Waals surface area contributed by atoms with E-state index in [0.29, 0.717) is 76.6 Å². The van der Waals surface area contributed by atoms with Crippen molar-refractivity contribution < 1.29 is 33.4 Å². The molecule has 0 spiro atoms. The second-order valence-electron chi connectivity index (χ2n) is 19.2. The average molecular weight is 1090 g/mol. The highest BCUT2D eigenvalue weighted by atomic mass is 32.1. The number of benzene rings is 1. The second kappa shape index (κ2) is 27.3. The topological polar surface area (TPSA) is 184 Å². The Morgan fingerprint density at radius 1 is 1.07 bits per heavy atom. The molecule has 5 amide bonds. The van der Waals surface area contributed by atoms with Crippen LogP contribution in [0.25, 0.3) is 33.4 Å². The highest BCUT2D eigenvalue weighted by molar-refractivity contribution is 7.59. The van der Waals surface area contributed by atoms with Crippen molar-refractivity contribution in [1.29, 1.82) is 0 Å². The zero-order chi connectivity index (χ0) is 48.9. The third kappa shape index (κ3) is 14.1. The molecule has 6 bridgehead atoms.